The summed E-state index contributed by atoms with van der Waals surface area (Å²) in [5, 5.41) is 3.71. The lowest BCUT2D eigenvalue weighted by atomic mass is 10.1. The van der Waals surface area contributed by atoms with Crippen LogP contribution in [0.25, 0.3) is 0 Å². The molecule has 2 aromatic rings. The maximum Gasteiger partial charge on any atom is 0.255 e. The van der Waals surface area contributed by atoms with Gasteiger partial charge in [0.2, 0.25) is 0 Å². The van der Waals surface area contributed by atoms with Gasteiger partial charge in [0.25, 0.3) is 5.91 Å². The minimum absolute atomic E-state index is 0.120. The fraction of sp³-hybridized carbons (Fsp3) is 0.421. The highest BCUT2D eigenvalue weighted by molar-refractivity contribution is 7.98. The number of rotatable bonds is 7. The second-order valence-corrected chi connectivity index (χ2v) is 6.86. The summed E-state index contributed by atoms with van der Waals surface area (Å²) in [4.78, 5) is 21.6. The molecule has 2 rings (SSSR count). The van der Waals surface area contributed by atoms with E-state index in [-0.39, 0.29) is 11.8 Å². The normalized spacial score (nSPS) is 10.8. The predicted octanol–water partition coefficient (Wildman–Crippen LogP) is 3.61. The van der Waals surface area contributed by atoms with Gasteiger partial charge in [0.1, 0.15) is 16.6 Å². The number of nitrogens with one attached hydrogen (secondary N) is 1. The lowest BCUT2D eigenvalue weighted by Gasteiger charge is -2.13. The Morgan fingerprint density at radius 2 is 1.92 bits per heavy atom. The van der Waals surface area contributed by atoms with Gasteiger partial charge in [-0.1, -0.05) is 26.0 Å². The van der Waals surface area contributed by atoms with Gasteiger partial charge in [-0.15, -0.1) is 11.8 Å². The monoisotopic (exact) mass is 359 g/mol. The van der Waals surface area contributed by atoms with Crippen LogP contribution in [0.4, 0.5) is 0 Å². The smallest absolute Gasteiger partial charge is 0.255 e. The number of aromatic nitrogens is 2. The zero-order valence-corrected chi connectivity index (χ0v) is 16.2. The Bertz CT molecular complexity index is 730. The van der Waals surface area contributed by atoms with E-state index in [1.807, 2.05) is 51.3 Å². The minimum Gasteiger partial charge on any atom is -0.497 e. The lowest BCUT2D eigenvalue weighted by molar-refractivity contribution is 0.0949. The van der Waals surface area contributed by atoms with Gasteiger partial charge in [0.15, 0.2) is 0 Å². The van der Waals surface area contributed by atoms with Crippen LogP contribution in [0.15, 0.2) is 29.3 Å². The number of carbonyl (C=O) groups excluding carboxylic acids is 1. The molecule has 0 aliphatic rings. The first-order valence-corrected chi connectivity index (χ1v) is 9.52. The summed E-state index contributed by atoms with van der Waals surface area (Å²) in [6, 6.07) is 7.85. The van der Waals surface area contributed by atoms with Crippen molar-refractivity contribution in [3.05, 3.63) is 46.9 Å². The number of benzene rings is 1. The molecular formula is C19H25N3O2S. The maximum atomic E-state index is 12.6. The molecule has 0 atom stereocenters. The molecule has 0 fully saturated rings. The molecule has 1 amide bonds. The average molecular weight is 359 g/mol. The molecule has 134 valence electrons. The summed E-state index contributed by atoms with van der Waals surface area (Å²) in [7, 11) is 1.65. The number of hydrogen-bond acceptors (Lipinski definition) is 5. The second-order valence-electron chi connectivity index (χ2n) is 6.06. The van der Waals surface area contributed by atoms with Crippen molar-refractivity contribution < 1.29 is 9.53 Å². The lowest BCUT2D eigenvalue weighted by Crippen LogP contribution is -2.28. The van der Waals surface area contributed by atoms with Crippen LogP contribution < -0.4 is 10.1 Å². The van der Waals surface area contributed by atoms with E-state index < -0.39 is 0 Å². The predicted molar refractivity (Wildman–Crippen MR) is 102 cm³/mol. The molecule has 0 aliphatic carbocycles. The Labute approximate surface area is 153 Å². The SMILES string of the molecule is COc1ccc(CCNC(=O)c2c(C)nc(C(C)C)nc2SC)cc1. The molecule has 0 radical (unpaired) electrons. The third-order valence-electron chi connectivity index (χ3n) is 3.87. The Balaban J connectivity index is 2.04. The third-order valence-corrected chi connectivity index (χ3v) is 4.55. The van der Waals surface area contributed by atoms with E-state index in [0.717, 1.165) is 34.3 Å². The van der Waals surface area contributed by atoms with Gasteiger partial charge in [-0.25, -0.2) is 9.97 Å². The second kappa shape index (κ2) is 8.85. The molecule has 0 unspecified atom stereocenters. The van der Waals surface area contributed by atoms with Gasteiger partial charge in [-0.05, 0) is 37.3 Å². The van der Waals surface area contributed by atoms with E-state index in [0.29, 0.717) is 12.1 Å². The van der Waals surface area contributed by atoms with Crippen LogP contribution in [0.5, 0.6) is 5.75 Å². The molecule has 5 nitrogen and oxygen atoms in total. The Morgan fingerprint density at radius 3 is 2.48 bits per heavy atom. The zero-order chi connectivity index (χ0) is 18.4. The largest absolute Gasteiger partial charge is 0.497 e. The van der Waals surface area contributed by atoms with Crippen molar-refractivity contribution in [1.82, 2.24) is 15.3 Å². The summed E-state index contributed by atoms with van der Waals surface area (Å²) < 4.78 is 5.15. The topological polar surface area (TPSA) is 64.1 Å². The van der Waals surface area contributed by atoms with Crippen molar-refractivity contribution in [2.75, 3.05) is 19.9 Å². The third kappa shape index (κ3) is 4.95. The van der Waals surface area contributed by atoms with E-state index in [2.05, 4.69) is 15.3 Å². The maximum absolute atomic E-state index is 12.6. The van der Waals surface area contributed by atoms with E-state index in [1.54, 1.807) is 7.11 Å². The number of carbonyl (C=O) groups is 1. The summed E-state index contributed by atoms with van der Waals surface area (Å²) in [5.74, 6) is 1.72. The van der Waals surface area contributed by atoms with E-state index >= 15 is 0 Å². The highest BCUT2D eigenvalue weighted by Gasteiger charge is 2.19. The van der Waals surface area contributed by atoms with Crippen LogP contribution in [-0.4, -0.2) is 35.8 Å². The Morgan fingerprint density at radius 1 is 1.24 bits per heavy atom. The van der Waals surface area contributed by atoms with Crippen LogP contribution in [0.3, 0.4) is 0 Å². The van der Waals surface area contributed by atoms with Gasteiger partial charge in [0, 0.05) is 12.5 Å². The first-order chi connectivity index (χ1) is 12.0. The molecule has 1 heterocycles. The van der Waals surface area contributed by atoms with Crippen molar-refractivity contribution >= 4 is 17.7 Å². The molecule has 0 aliphatic heterocycles. The molecule has 1 N–H and O–H groups in total. The molecule has 0 spiro atoms. The number of aryl methyl sites for hydroxylation is 1. The summed E-state index contributed by atoms with van der Waals surface area (Å²) in [5.41, 5.74) is 2.45. The Hall–Kier alpha value is -2.08. The summed E-state index contributed by atoms with van der Waals surface area (Å²) in [6.07, 6.45) is 2.69. The molecule has 6 heteroatoms. The van der Waals surface area contributed by atoms with Crippen LogP contribution in [0.1, 0.15) is 47.2 Å². The van der Waals surface area contributed by atoms with Gasteiger partial charge >= 0.3 is 0 Å². The van der Waals surface area contributed by atoms with E-state index in [1.165, 1.54) is 11.8 Å². The van der Waals surface area contributed by atoms with Crippen LogP contribution >= 0.6 is 11.8 Å². The molecule has 25 heavy (non-hydrogen) atoms. The van der Waals surface area contributed by atoms with Gasteiger partial charge in [-0.2, -0.15) is 0 Å². The highest BCUT2D eigenvalue weighted by atomic mass is 32.2. The summed E-state index contributed by atoms with van der Waals surface area (Å²) in [6.45, 7) is 6.52. The zero-order valence-electron chi connectivity index (χ0n) is 15.4. The summed E-state index contributed by atoms with van der Waals surface area (Å²) >= 11 is 1.48. The van der Waals surface area contributed by atoms with E-state index in [9.17, 15) is 4.79 Å². The van der Waals surface area contributed by atoms with Crippen LogP contribution in [0.2, 0.25) is 0 Å². The number of thioether (sulfide) groups is 1. The standard InChI is InChI=1S/C19H25N3O2S/c1-12(2)17-21-13(3)16(19(22-17)25-5)18(23)20-11-10-14-6-8-15(24-4)9-7-14/h6-9,12H,10-11H2,1-5H3,(H,20,23). The number of amides is 1. The number of nitrogens with zero attached hydrogens (tertiary/aromatic N) is 2. The van der Waals surface area contributed by atoms with Gasteiger partial charge in [-0.3, -0.25) is 4.79 Å². The highest BCUT2D eigenvalue weighted by Crippen LogP contribution is 2.23. The quantitative estimate of drug-likeness (QED) is 0.604. The van der Waals surface area contributed by atoms with Gasteiger partial charge in [0.05, 0.1) is 18.4 Å². The fourth-order valence-corrected chi connectivity index (χ4v) is 3.07. The first-order valence-electron chi connectivity index (χ1n) is 8.30. The number of ether oxygens (including phenoxy) is 1. The molecule has 0 saturated carbocycles. The van der Waals surface area contributed by atoms with Crippen molar-refractivity contribution in [3.8, 4) is 5.75 Å². The van der Waals surface area contributed by atoms with Crippen LogP contribution in [-0.2, 0) is 6.42 Å². The van der Waals surface area contributed by atoms with E-state index in [4.69, 9.17) is 4.74 Å². The van der Waals surface area contributed by atoms with Crippen molar-refractivity contribution in [2.45, 2.75) is 38.1 Å². The van der Waals surface area contributed by atoms with Crippen LogP contribution in [0, 0.1) is 6.92 Å². The molecule has 1 aromatic heterocycles. The molecular weight excluding hydrogens is 334 g/mol. The van der Waals surface area contributed by atoms with Crippen molar-refractivity contribution in [1.29, 1.82) is 0 Å². The van der Waals surface area contributed by atoms with Gasteiger partial charge < -0.3 is 10.1 Å². The number of methoxy groups -OCH3 is 1. The number of hydrogen-bond donors (Lipinski definition) is 1. The molecule has 0 saturated heterocycles. The Kier molecular flexibility index (Phi) is 6.82. The average Bonchev–Trinajstić information content (AvgIpc) is 2.61. The first kappa shape index (κ1) is 19.2. The van der Waals surface area contributed by atoms with Crippen molar-refractivity contribution in [3.63, 3.8) is 0 Å². The fourth-order valence-electron chi connectivity index (χ4n) is 2.44. The van der Waals surface area contributed by atoms with Crippen molar-refractivity contribution in [2.24, 2.45) is 0 Å². The molecule has 1 aromatic carbocycles. The molecule has 0 bridgehead atoms. The minimum atomic E-state index is -0.120.